The van der Waals surface area contributed by atoms with Crippen LogP contribution >= 0.6 is 11.3 Å². The normalized spacial score (nSPS) is 24.5. The largest absolute Gasteiger partial charge is 0.396 e. The lowest BCUT2D eigenvalue weighted by molar-refractivity contribution is -0.0720. The van der Waals surface area contributed by atoms with Gasteiger partial charge in [-0.25, -0.2) is 4.98 Å². The van der Waals surface area contributed by atoms with Crippen LogP contribution in [0.5, 0.6) is 0 Å². The smallest absolute Gasteiger partial charge is 0.253 e. The van der Waals surface area contributed by atoms with Gasteiger partial charge < -0.3 is 20.8 Å². The summed E-state index contributed by atoms with van der Waals surface area (Å²) in [6.45, 7) is 2.76. The minimum Gasteiger partial charge on any atom is -0.396 e. The van der Waals surface area contributed by atoms with Gasteiger partial charge in [0.25, 0.3) is 5.91 Å². The fourth-order valence-corrected chi connectivity index (χ4v) is 4.28. The molecule has 1 fully saturated rings. The zero-order chi connectivity index (χ0) is 17.3. The number of hydrogen-bond donors (Lipinski definition) is 3. The Morgan fingerprint density at radius 3 is 3.04 bits per heavy atom. The Hall–Kier alpha value is -1.70. The van der Waals surface area contributed by atoms with E-state index in [0.29, 0.717) is 36.6 Å². The molecule has 4 N–H and O–H groups in total. The van der Waals surface area contributed by atoms with Crippen LogP contribution < -0.4 is 5.73 Å². The number of aliphatic hydroxyl groups excluding tert-OH is 2. The van der Waals surface area contributed by atoms with Crippen molar-refractivity contribution in [3.8, 4) is 0 Å². The molecule has 0 saturated carbocycles. The minimum absolute atomic E-state index is 0.0932. The molecule has 3 rings (SSSR count). The molecule has 2 heterocycles. The number of nitrogens with two attached hydrogens (primary N) is 1. The standard InChI is InChI=1S/C17H23N3O3S/c1-2-6-17(10-21)9-20(7-5-14(17)22)15(23)11-3-4-13-12(8-11)19-16(18)24-13/h3-4,8,14,21-22H,2,5-7,9-10H2,1H3,(H2,18,19)/t14-,17-/m0/s1. The van der Waals surface area contributed by atoms with Crippen LogP contribution in [0.4, 0.5) is 5.13 Å². The van der Waals surface area contributed by atoms with Gasteiger partial charge in [-0.15, -0.1) is 0 Å². The summed E-state index contributed by atoms with van der Waals surface area (Å²) in [4.78, 5) is 18.8. The molecule has 2 aromatic rings. The van der Waals surface area contributed by atoms with Crippen LogP contribution in [0.15, 0.2) is 18.2 Å². The summed E-state index contributed by atoms with van der Waals surface area (Å²) in [5, 5.41) is 20.7. The van der Waals surface area contributed by atoms with Gasteiger partial charge in [-0.05, 0) is 31.0 Å². The van der Waals surface area contributed by atoms with Crippen molar-refractivity contribution in [3.63, 3.8) is 0 Å². The molecule has 0 bridgehead atoms. The number of nitrogen functional groups attached to an aromatic ring is 1. The molecule has 7 heteroatoms. The highest BCUT2D eigenvalue weighted by Crippen LogP contribution is 2.35. The molecule has 2 atom stereocenters. The van der Waals surface area contributed by atoms with E-state index in [0.717, 1.165) is 16.6 Å². The van der Waals surface area contributed by atoms with E-state index in [4.69, 9.17) is 5.73 Å². The third-order valence-electron chi connectivity index (χ3n) is 4.89. The molecule has 24 heavy (non-hydrogen) atoms. The Balaban J connectivity index is 1.85. The SMILES string of the molecule is CCC[C@@]1(CO)CN(C(=O)c2ccc3sc(N)nc3c2)CC[C@@H]1O. The minimum atomic E-state index is -0.627. The van der Waals surface area contributed by atoms with Crippen LogP contribution in [-0.2, 0) is 0 Å². The molecule has 0 radical (unpaired) electrons. The first-order chi connectivity index (χ1) is 11.5. The van der Waals surface area contributed by atoms with Crippen molar-refractivity contribution in [1.82, 2.24) is 9.88 Å². The number of fused-ring (bicyclic) bond motifs is 1. The number of hydrogen-bond acceptors (Lipinski definition) is 6. The summed E-state index contributed by atoms with van der Waals surface area (Å²) in [6, 6.07) is 5.41. The van der Waals surface area contributed by atoms with Gasteiger partial charge in [-0.3, -0.25) is 4.79 Å². The van der Waals surface area contributed by atoms with Crippen molar-refractivity contribution in [1.29, 1.82) is 0 Å². The van der Waals surface area contributed by atoms with Crippen molar-refractivity contribution in [2.45, 2.75) is 32.3 Å². The molecule has 6 nitrogen and oxygen atoms in total. The first-order valence-electron chi connectivity index (χ1n) is 8.23. The number of thiazole rings is 1. The summed E-state index contributed by atoms with van der Waals surface area (Å²) in [5.41, 5.74) is 6.38. The average molecular weight is 349 g/mol. The quantitative estimate of drug-likeness (QED) is 0.782. The number of rotatable bonds is 4. The molecule has 0 spiro atoms. The molecule has 1 aliphatic heterocycles. The van der Waals surface area contributed by atoms with E-state index in [9.17, 15) is 15.0 Å². The molecule has 1 saturated heterocycles. The highest BCUT2D eigenvalue weighted by atomic mass is 32.1. The summed E-state index contributed by atoms with van der Waals surface area (Å²) < 4.78 is 0.953. The summed E-state index contributed by atoms with van der Waals surface area (Å²) in [6.07, 6.45) is 1.45. The van der Waals surface area contributed by atoms with E-state index in [1.54, 1.807) is 17.0 Å². The van der Waals surface area contributed by atoms with E-state index in [2.05, 4.69) is 4.98 Å². The van der Waals surface area contributed by atoms with Crippen molar-refractivity contribution in [3.05, 3.63) is 23.8 Å². The van der Waals surface area contributed by atoms with Crippen molar-refractivity contribution in [2.24, 2.45) is 5.41 Å². The van der Waals surface area contributed by atoms with E-state index < -0.39 is 11.5 Å². The van der Waals surface area contributed by atoms with Crippen LogP contribution in [0.25, 0.3) is 10.2 Å². The lowest BCUT2D eigenvalue weighted by atomic mass is 9.74. The van der Waals surface area contributed by atoms with Gasteiger partial charge >= 0.3 is 0 Å². The number of benzene rings is 1. The predicted molar refractivity (Wildman–Crippen MR) is 95.0 cm³/mol. The lowest BCUT2D eigenvalue weighted by Crippen LogP contribution is -2.55. The predicted octanol–water partition coefficient (Wildman–Crippen LogP) is 1.86. The zero-order valence-electron chi connectivity index (χ0n) is 13.7. The van der Waals surface area contributed by atoms with Gasteiger partial charge in [0.15, 0.2) is 5.13 Å². The van der Waals surface area contributed by atoms with Gasteiger partial charge in [-0.1, -0.05) is 24.7 Å². The molecule has 1 aromatic carbocycles. The van der Waals surface area contributed by atoms with Crippen LogP contribution in [0, 0.1) is 5.41 Å². The number of likely N-dealkylation sites (tertiary alicyclic amines) is 1. The molecule has 1 amide bonds. The Labute approximate surface area is 144 Å². The maximum atomic E-state index is 12.9. The number of carbonyl (C=O) groups excluding carboxylic acids is 1. The highest BCUT2D eigenvalue weighted by molar-refractivity contribution is 7.22. The van der Waals surface area contributed by atoms with Crippen LogP contribution in [0.3, 0.4) is 0 Å². The summed E-state index contributed by atoms with van der Waals surface area (Å²) >= 11 is 1.39. The molecular formula is C17H23N3O3S. The van der Waals surface area contributed by atoms with E-state index >= 15 is 0 Å². The number of carbonyl (C=O) groups is 1. The maximum absolute atomic E-state index is 12.9. The fourth-order valence-electron chi connectivity index (χ4n) is 3.56. The first kappa shape index (κ1) is 17.1. The van der Waals surface area contributed by atoms with Gasteiger partial charge in [0.2, 0.25) is 0 Å². The summed E-state index contributed by atoms with van der Waals surface area (Å²) in [5.74, 6) is -0.0932. The average Bonchev–Trinajstić information content (AvgIpc) is 2.95. The third-order valence-corrected chi connectivity index (χ3v) is 5.75. The number of amides is 1. The Bertz CT molecular complexity index is 748. The number of aromatic nitrogens is 1. The molecule has 0 unspecified atom stereocenters. The Kier molecular flexibility index (Phi) is 4.76. The number of aliphatic hydroxyl groups is 2. The highest BCUT2D eigenvalue weighted by Gasteiger charge is 2.43. The van der Waals surface area contributed by atoms with Gasteiger partial charge in [0, 0.05) is 24.1 Å². The monoisotopic (exact) mass is 349 g/mol. The van der Waals surface area contributed by atoms with Gasteiger partial charge in [0.05, 0.1) is 22.9 Å². The maximum Gasteiger partial charge on any atom is 0.253 e. The first-order valence-corrected chi connectivity index (χ1v) is 9.05. The topological polar surface area (TPSA) is 99.7 Å². The van der Waals surface area contributed by atoms with Crippen LogP contribution in [-0.4, -0.2) is 51.8 Å². The Morgan fingerprint density at radius 2 is 2.33 bits per heavy atom. The van der Waals surface area contributed by atoms with Gasteiger partial charge in [0.1, 0.15) is 0 Å². The number of piperidine rings is 1. The van der Waals surface area contributed by atoms with E-state index in [1.165, 1.54) is 11.3 Å². The zero-order valence-corrected chi connectivity index (χ0v) is 14.6. The number of anilines is 1. The summed E-state index contributed by atoms with van der Waals surface area (Å²) in [7, 11) is 0. The number of nitrogens with zero attached hydrogens (tertiary/aromatic N) is 2. The second-order valence-electron chi connectivity index (χ2n) is 6.54. The molecule has 1 aromatic heterocycles. The van der Waals surface area contributed by atoms with E-state index in [-0.39, 0.29) is 12.5 Å². The van der Waals surface area contributed by atoms with Crippen molar-refractivity contribution in [2.75, 3.05) is 25.4 Å². The lowest BCUT2D eigenvalue weighted by Gasteiger charge is -2.45. The Morgan fingerprint density at radius 1 is 1.54 bits per heavy atom. The van der Waals surface area contributed by atoms with E-state index in [1.807, 2.05) is 13.0 Å². The van der Waals surface area contributed by atoms with Crippen LogP contribution in [0.2, 0.25) is 0 Å². The van der Waals surface area contributed by atoms with Crippen molar-refractivity contribution >= 4 is 32.6 Å². The second kappa shape index (κ2) is 6.66. The van der Waals surface area contributed by atoms with Gasteiger partial charge in [-0.2, -0.15) is 0 Å². The third kappa shape index (κ3) is 2.99. The molecular weight excluding hydrogens is 326 g/mol. The van der Waals surface area contributed by atoms with Crippen LogP contribution in [0.1, 0.15) is 36.5 Å². The molecule has 1 aliphatic rings. The van der Waals surface area contributed by atoms with Crippen molar-refractivity contribution < 1.29 is 15.0 Å². The fraction of sp³-hybridized carbons (Fsp3) is 0.529. The second-order valence-corrected chi connectivity index (χ2v) is 7.60. The molecule has 0 aliphatic carbocycles. The molecule has 130 valence electrons.